The van der Waals surface area contributed by atoms with Crippen LogP contribution >= 0.6 is 0 Å². The predicted octanol–water partition coefficient (Wildman–Crippen LogP) is 2.54. The van der Waals surface area contributed by atoms with Crippen LogP contribution in [-0.2, 0) is 0 Å². The smallest absolute Gasteiger partial charge is 0.0656 e. The van der Waals surface area contributed by atoms with Crippen LogP contribution in [0.3, 0.4) is 0 Å². The van der Waals surface area contributed by atoms with E-state index in [1.165, 1.54) is 25.2 Å². The fourth-order valence-corrected chi connectivity index (χ4v) is 2.10. The van der Waals surface area contributed by atoms with E-state index >= 15 is 0 Å². The number of rotatable bonds is 1. The minimum atomic E-state index is -0.542. The van der Waals surface area contributed by atoms with Gasteiger partial charge < -0.3 is 5.11 Å². The summed E-state index contributed by atoms with van der Waals surface area (Å²) >= 11 is 0. The summed E-state index contributed by atoms with van der Waals surface area (Å²) in [5.41, 5.74) is -0.542. The second kappa shape index (κ2) is 3.14. The van der Waals surface area contributed by atoms with Crippen LogP contribution in [0.4, 0.5) is 0 Å². The number of hydrogen-bond donors (Lipinski definition) is 1. The summed E-state index contributed by atoms with van der Waals surface area (Å²) in [5, 5.41) is 9.78. The summed E-state index contributed by atoms with van der Waals surface area (Å²) in [6, 6.07) is 0. The van der Waals surface area contributed by atoms with Crippen molar-refractivity contribution in [1.82, 2.24) is 0 Å². The fourth-order valence-electron chi connectivity index (χ4n) is 2.10. The molecule has 0 amide bonds. The Morgan fingerprint density at radius 2 is 2.00 bits per heavy atom. The zero-order valence-electron chi connectivity index (χ0n) is 7.85. The fraction of sp³-hybridized carbons (Fsp3) is 0.900. The summed E-state index contributed by atoms with van der Waals surface area (Å²) in [6.07, 6.45) is 4.99. The highest BCUT2D eigenvalue weighted by molar-refractivity contribution is 5.08. The Hall–Kier alpha value is -0.0400. The van der Waals surface area contributed by atoms with E-state index in [1.54, 1.807) is 0 Å². The van der Waals surface area contributed by atoms with Crippen molar-refractivity contribution in [2.45, 2.75) is 52.1 Å². The van der Waals surface area contributed by atoms with Gasteiger partial charge in [0.25, 0.3) is 0 Å². The van der Waals surface area contributed by atoms with Crippen LogP contribution in [0.1, 0.15) is 46.5 Å². The van der Waals surface area contributed by atoms with Gasteiger partial charge in [-0.3, -0.25) is 0 Å². The zero-order chi connectivity index (χ0) is 8.48. The van der Waals surface area contributed by atoms with E-state index in [2.05, 4.69) is 6.92 Å². The van der Waals surface area contributed by atoms with E-state index in [0.29, 0.717) is 5.92 Å². The molecular weight excluding hydrogens is 136 g/mol. The lowest BCUT2D eigenvalue weighted by Gasteiger charge is -2.36. The average molecular weight is 155 g/mol. The van der Waals surface area contributed by atoms with Crippen molar-refractivity contribution in [3.63, 3.8) is 0 Å². The Morgan fingerprint density at radius 1 is 1.36 bits per heavy atom. The van der Waals surface area contributed by atoms with E-state index in [4.69, 9.17) is 0 Å². The SMILES string of the molecule is C[C@H]1CCCC[C]1C(C)(C)O. The van der Waals surface area contributed by atoms with Gasteiger partial charge in [0.05, 0.1) is 5.60 Å². The summed E-state index contributed by atoms with van der Waals surface area (Å²) in [5.74, 6) is 1.98. The maximum atomic E-state index is 9.78. The zero-order valence-corrected chi connectivity index (χ0v) is 7.85. The Balaban J connectivity index is 2.55. The first-order chi connectivity index (χ1) is 5.02. The van der Waals surface area contributed by atoms with Gasteiger partial charge in [-0.2, -0.15) is 0 Å². The van der Waals surface area contributed by atoms with Crippen LogP contribution < -0.4 is 0 Å². The predicted molar refractivity (Wildman–Crippen MR) is 47.2 cm³/mol. The minimum Gasteiger partial charge on any atom is -0.390 e. The third-order valence-corrected chi connectivity index (χ3v) is 2.71. The molecule has 1 atom stereocenters. The van der Waals surface area contributed by atoms with Crippen molar-refractivity contribution in [3.8, 4) is 0 Å². The van der Waals surface area contributed by atoms with Gasteiger partial charge in [0, 0.05) is 5.92 Å². The average Bonchev–Trinajstić information content (AvgIpc) is 1.86. The topological polar surface area (TPSA) is 20.2 Å². The Bertz CT molecular complexity index is 123. The molecule has 1 radical (unpaired) electrons. The Kier molecular flexibility index (Phi) is 2.58. The molecule has 0 unspecified atom stereocenters. The summed E-state index contributed by atoms with van der Waals surface area (Å²) in [4.78, 5) is 0. The quantitative estimate of drug-likeness (QED) is 0.617. The third-order valence-electron chi connectivity index (χ3n) is 2.71. The van der Waals surface area contributed by atoms with Crippen molar-refractivity contribution in [2.24, 2.45) is 5.92 Å². The van der Waals surface area contributed by atoms with E-state index in [9.17, 15) is 5.11 Å². The second-order valence-corrected chi connectivity index (χ2v) is 4.23. The lowest BCUT2D eigenvalue weighted by atomic mass is 9.72. The molecule has 1 heteroatoms. The van der Waals surface area contributed by atoms with E-state index in [-0.39, 0.29) is 0 Å². The summed E-state index contributed by atoms with van der Waals surface area (Å²) in [7, 11) is 0. The molecule has 1 rings (SSSR count). The second-order valence-electron chi connectivity index (χ2n) is 4.23. The van der Waals surface area contributed by atoms with Crippen molar-refractivity contribution in [2.75, 3.05) is 0 Å². The van der Waals surface area contributed by atoms with Crippen molar-refractivity contribution in [1.29, 1.82) is 0 Å². The van der Waals surface area contributed by atoms with Crippen LogP contribution in [0.15, 0.2) is 0 Å². The first-order valence-electron chi connectivity index (χ1n) is 4.60. The molecule has 1 aliphatic carbocycles. The molecule has 0 bridgehead atoms. The van der Waals surface area contributed by atoms with Gasteiger partial charge in [0.15, 0.2) is 0 Å². The lowest BCUT2D eigenvalue weighted by molar-refractivity contribution is 0.0656. The molecule has 0 aliphatic heterocycles. The largest absolute Gasteiger partial charge is 0.390 e. The summed E-state index contributed by atoms with van der Waals surface area (Å²) in [6.45, 7) is 6.04. The molecule has 0 aromatic rings. The molecule has 0 spiro atoms. The molecule has 1 nitrogen and oxygen atoms in total. The highest BCUT2D eigenvalue weighted by Gasteiger charge is 2.33. The van der Waals surface area contributed by atoms with E-state index in [0.717, 1.165) is 6.42 Å². The molecule has 1 fully saturated rings. The van der Waals surface area contributed by atoms with Crippen LogP contribution in [0.2, 0.25) is 0 Å². The lowest BCUT2D eigenvalue weighted by Crippen LogP contribution is -2.35. The normalized spacial score (nSPS) is 28.9. The van der Waals surface area contributed by atoms with Gasteiger partial charge in [-0.15, -0.1) is 0 Å². The van der Waals surface area contributed by atoms with Gasteiger partial charge in [-0.25, -0.2) is 0 Å². The number of hydrogen-bond acceptors (Lipinski definition) is 1. The van der Waals surface area contributed by atoms with E-state index < -0.39 is 5.60 Å². The van der Waals surface area contributed by atoms with Gasteiger partial charge in [-0.1, -0.05) is 26.2 Å². The van der Waals surface area contributed by atoms with Crippen LogP contribution in [0.5, 0.6) is 0 Å². The molecule has 0 saturated heterocycles. The van der Waals surface area contributed by atoms with Crippen LogP contribution in [0.25, 0.3) is 0 Å². The van der Waals surface area contributed by atoms with Crippen molar-refractivity contribution < 1.29 is 5.11 Å². The molecule has 0 aromatic carbocycles. The molecule has 0 aromatic heterocycles. The molecule has 65 valence electrons. The third kappa shape index (κ3) is 2.19. The molecular formula is C10H19O. The maximum absolute atomic E-state index is 9.78. The van der Waals surface area contributed by atoms with Crippen LogP contribution in [-0.4, -0.2) is 10.7 Å². The van der Waals surface area contributed by atoms with Crippen LogP contribution in [0, 0.1) is 11.8 Å². The first-order valence-corrected chi connectivity index (χ1v) is 4.60. The van der Waals surface area contributed by atoms with Gasteiger partial charge >= 0.3 is 0 Å². The standard InChI is InChI=1S/C10H19O/c1-8-6-4-5-7-9(8)10(2,3)11/h8,11H,4-7H2,1-3H3/t8-/m0/s1. The molecule has 0 heterocycles. The molecule has 1 saturated carbocycles. The number of aliphatic hydroxyl groups is 1. The highest BCUT2D eigenvalue weighted by Crippen LogP contribution is 2.38. The first kappa shape index (κ1) is 9.05. The summed E-state index contributed by atoms with van der Waals surface area (Å²) < 4.78 is 0. The molecule has 11 heavy (non-hydrogen) atoms. The van der Waals surface area contributed by atoms with Gasteiger partial charge in [0.1, 0.15) is 0 Å². The molecule has 1 aliphatic rings. The van der Waals surface area contributed by atoms with Crippen molar-refractivity contribution in [3.05, 3.63) is 5.92 Å². The Morgan fingerprint density at radius 3 is 2.36 bits per heavy atom. The highest BCUT2D eigenvalue weighted by atomic mass is 16.3. The van der Waals surface area contributed by atoms with E-state index in [1.807, 2.05) is 13.8 Å². The monoisotopic (exact) mass is 155 g/mol. The maximum Gasteiger partial charge on any atom is 0.0656 e. The van der Waals surface area contributed by atoms with Crippen molar-refractivity contribution >= 4 is 0 Å². The Labute approximate surface area is 69.8 Å². The molecule has 1 N–H and O–H groups in total. The van der Waals surface area contributed by atoms with Gasteiger partial charge in [0.2, 0.25) is 0 Å². The van der Waals surface area contributed by atoms with Gasteiger partial charge in [-0.05, 0) is 26.2 Å². The minimum absolute atomic E-state index is 0.542.